The lowest BCUT2D eigenvalue weighted by molar-refractivity contribution is 0.102. The molecule has 1 amide bonds. The lowest BCUT2D eigenvalue weighted by Crippen LogP contribution is -2.16. The summed E-state index contributed by atoms with van der Waals surface area (Å²) in [6.07, 6.45) is 4.38. The first-order valence-corrected chi connectivity index (χ1v) is 7.24. The van der Waals surface area contributed by atoms with Gasteiger partial charge in [0.25, 0.3) is 11.6 Å². The Morgan fingerprint density at radius 3 is 3.05 bits per heavy atom. The normalized spacial score (nSPS) is 13.3. The molecule has 4 rings (SSSR count). The summed E-state index contributed by atoms with van der Waals surface area (Å²) in [4.78, 5) is 21.4. The van der Waals surface area contributed by atoms with Crippen LogP contribution >= 0.6 is 0 Å². The Morgan fingerprint density at radius 1 is 1.32 bits per heavy atom. The zero-order chi connectivity index (χ0) is 15.1. The summed E-state index contributed by atoms with van der Waals surface area (Å²) in [7, 11) is 0. The van der Waals surface area contributed by atoms with E-state index < -0.39 is 0 Å². The highest BCUT2D eigenvalue weighted by Crippen LogP contribution is 2.32. The molecule has 3 heterocycles. The summed E-state index contributed by atoms with van der Waals surface area (Å²) in [6, 6.07) is 5.40. The first kappa shape index (κ1) is 12.9. The second-order valence-corrected chi connectivity index (χ2v) is 5.38. The number of pyridine rings is 2. The number of nitrogens with zero attached hydrogens (tertiary/aromatic N) is 3. The maximum atomic E-state index is 12.8. The van der Waals surface area contributed by atoms with Crippen molar-refractivity contribution in [1.82, 2.24) is 15.1 Å². The van der Waals surface area contributed by atoms with Crippen molar-refractivity contribution in [2.45, 2.75) is 26.2 Å². The third-order valence-electron chi connectivity index (χ3n) is 3.96. The van der Waals surface area contributed by atoms with Crippen molar-refractivity contribution in [1.29, 1.82) is 0 Å². The van der Waals surface area contributed by atoms with Gasteiger partial charge in [-0.25, -0.2) is 9.97 Å². The number of amides is 1. The highest BCUT2D eigenvalue weighted by Gasteiger charge is 2.27. The highest BCUT2D eigenvalue weighted by atomic mass is 16.5. The van der Waals surface area contributed by atoms with Crippen molar-refractivity contribution < 1.29 is 9.32 Å². The summed E-state index contributed by atoms with van der Waals surface area (Å²) in [6.45, 7) is 1.83. The van der Waals surface area contributed by atoms with Crippen LogP contribution in [-0.2, 0) is 12.8 Å². The Morgan fingerprint density at radius 2 is 2.23 bits per heavy atom. The Bertz CT molecular complexity index is 871. The lowest BCUT2D eigenvalue weighted by Gasteiger charge is -2.09. The van der Waals surface area contributed by atoms with E-state index in [0.717, 1.165) is 30.5 Å². The zero-order valence-electron chi connectivity index (χ0n) is 12.1. The number of aromatic nitrogens is 3. The van der Waals surface area contributed by atoms with Crippen molar-refractivity contribution in [3.8, 4) is 0 Å². The van der Waals surface area contributed by atoms with Crippen molar-refractivity contribution in [3.63, 3.8) is 0 Å². The van der Waals surface area contributed by atoms with E-state index in [2.05, 4.69) is 20.4 Å². The molecule has 1 aliphatic carbocycles. The molecule has 3 aromatic heterocycles. The number of hydrogen-bond donors (Lipinski definition) is 1. The minimum Gasteiger partial charge on any atom is -0.336 e. The summed E-state index contributed by atoms with van der Waals surface area (Å²) < 4.78 is 5.26. The highest BCUT2D eigenvalue weighted by molar-refractivity contribution is 6.13. The molecule has 0 radical (unpaired) electrons. The van der Waals surface area contributed by atoms with E-state index >= 15 is 0 Å². The molecule has 0 bridgehead atoms. The van der Waals surface area contributed by atoms with Gasteiger partial charge < -0.3 is 9.84 Å². The largest absolute Gasteiger partial charge is 0.336 e. The van der Waals surface area contributed by atoms with E-state index in [1.165, 1.54) is 0 Å². The van der Waals surface area contributed by atoms with Crippen LogP contribution in [0.15, 0.2) is 28.9 Å². The molecule has 0 aromatic carbocycles. The number of hydrogen-bond acceptors (Lipinski definition) is 5. The molecular weight excluding hydrogens is 280 g/mol. The van der Waals surface area contributed by atoms with Crippen LogP contribution in [0, 0.1) is 6.92 Å². The molecule has 0 spiro atoms. The zero-order valence-corrected chi connectivity index (χ0v) is 12.1. The molecule has 1 N–H and O–H groups in total. The topological polar surface area (TPSA) is 80.9 Å². The Balaban J connectivity index is 1.86. The van der Waals surface area contributed by atoms with Crippen LogP contribution in [-0.4, -0.2) is 21.0 Å². The van der Waals surface area contributed by atoms with Crippen LogP contribution in [0.3, 0.4) is 0 Å². The number of anilines is 1. The average Bonchev–Trinajstić information content (AvgIpc) is 3.13. The minimum absolute atomic E-state index is 0.185. The molecule has 6 nitrogen and oxygen atoms in total. The number of carbonyl (C=O) groups is 1. The SMILES string of the molecule is Cc1noc2nc3c(c(C(=O)Nc4ccccn4)c12)CCC3. The summed E-state index contributed by atoms with van der Waals surface area (Å²) in [5.74, 6) is 0.342. The Kier molecular flexibility index (Phi) is 2.89. The fourth-order valence-electron chi connectivity index (χ4n) is 2.98. The van der Waals surface area contributed by atoms with Gasteiger partial charge in [-0.3, -0.25) is 4.79 Å². The van der Waals surface area contributed by atoms with Gasteiger partial charge in [0.15, 0.2) is 0 Å². The molecule has 6 heteroatoms. The molecule has 110 valence electrons. The third-order valence-corrected chi connectivity index (χ3v) is 3.96. The number of rotatable bonds is 2. The van der Waals surface area contributed by atoms with Crippen molar-refractivity contribution in [2.24, 2.45) is 0 Å². The van der Waals surface area contributed by atoms with Gasteiger partial charge in [-0.15, -0.1) is 0 Å². The van der Waals surface area contributed by atoms with Crippen molar-refractivity contribution in [3.05, 3.63) is 46.9 Å². The molecule has 0 saturated carbocycles. The molecule has 0 atom stereocenters. The fraction of sp³-hybridized carbons (Fsp3) is 0.250. The molecule has 1 aliphatic rings. The van der Waals surface area contributed by atoms with Gasteiger partial charge in [0.05, 0.1) is 16.6 Å². The standard InChI is InChI=1S/C16H14N4O2/c1-9-13-14(15(21)19-12-7-2-3-8-17-12)10-5-4-6-11(10)18-16(13)22-20-9/h2-3,7-8H,4-6H2,1H3,(H,17,19,21). The van der Waals surface area contributed by atoms with E-state index in [9.17, 15) is 4.79 Å². The Labute approximate surface area is 126 Å². The second-order valence-electron chi connectivity index (χ2n) is 5.38. The quantitative estimate of drug-likeness (QED) is 0.786. The number of aryl methyl sites for hydroxylation is 2. The number of nitrogens with one attached hydrogen (secondary N) is 1. The molecule has 3 aromatic rings. The molecule has 0 fully saturated rings. The van der Waals surface area contributed by atoms with Crippen LogP contribution in [0.5, 0.6) is 0 Å². The first-order chi connectivity index (χ1) is 10.7. The molecule has 0 saturated heterocycles. The van der Waals surface area contributed by atoms with Gasteiger partial charge in [-0.2, -0.15) is 0 Å². The van der Waals surface area contributed by atoms with Crippen molar-refractivity contribution >= 4 is 22.8 Å². The smallest absolute Gasteiger partial charge is 0.259 e. The van der Waals surface area contributed by atoms with E-state index in [0.29, 0.717) is 28.2 Å². The molecule has 0 unspecified atom stereocenters. The van der Waals surface area contributed by atoms with Gasteiger partial charge in [-0.05, 0) is 43.9 Å². The Hall–Kier alpha value is -2.76. The van der Waals surface area contributed by atoms with Crippen molar-refractivity contribution in [2.75, 3.05) is 5.32 Å². The second kappa shape index (κ2) is 4.91. The fourth-order valence-corrected chi connectivity index (χ4v) is 2.98. The van der Waals surface area contributed by atoms with Crippen LogP contribution < -0.4 is 5.32 Å². The van der Waals surface area contributed by atoms with Crippen LogP contribution in [0.2, 0.25) is 0 Å². The van der Waals surface area contributed by atoms with Gasteiger partial charge in [0.1, 0.15) is 5.82 Å². The van der Waals surface area contributed by atoms with Crippen LogP contribution in [0.4, 0.5) is 5.82 Å². The summed E-state index contributed by atoms with van der Waals surface area (Å²) >= 11 is 0. The first-order valence-electron chi connectivity index (χ1n) is 7.24. The van der Waals surface area contributed by atoms with E-state index in [-0.39, 0.29) is 5.91 Å². The van der Waals surface area contributed by atoms with E-state index in [1.807, 2.05) is 19.1 Å². The van der Waals surface area contributed by atoms with Gasteiger partial charge in [0.2, 0.25) is 0 Å². The molecule has 22 heavy (non-hydrogen) atoms. The molecule has 0 aliphatic heterocycles. The number of carbonyl (C=O) groups excluding carboxylic acids is 1. The third kappa shape index (κ3) is 1.95. The van der Waals surface area contributed by atoms with E-state index in [4.69, 9.17) is 4.52 Å². The maximum Gasteiger partial charge on any atom is 0.259 e. The predicted octanol–water partition coefficient (Wildman–Crippen LogP) is 2.67. The summed E-state index contributed by atoms with van der Waals surface area (Å²) in [5, 5.41) is 7.51. The van der Waals surface area contributed by atoms with Gasteiger partial charge >= 0.3 is 0 Å². The predicted molar refractivity (Wildman–Crippen MR) is 80.8 cm³/mol. The van der Waals surface area contributed by atoms with Gasteiger partial charge in [-0.1, -0.05) is 11.2 Å². The van der Waals surface area contributed by atoms with E-state index in [1.54, 1.807) is 12.3 Å². The summed E-state index contributed by atoms with van der Waals surface area (Å²) in [5.41, 5.74) is 3.69. The maximum absolute atomic E-state index is 12.8. The monoisotopic (exact) mass is 294 g/mol. The lowest BCUT2D eigenvalue weighted by atomic mass is 10.0. The van der Waals surface area contributed by atoms with Gasteiger partial charge in [0, 0.05) is 11.9 Å². The average molecular weight is 294 g/mol. The van der Waals surface area contributed by atoms with Crippen LogP contribution in [0.1, 0.15) is 33.7 Å². The molecular formula is C16H14N4O2. The minimum atomic E-state index is -0.185. The number of fused-ring (bicyclic) bond motifs is 2. The van der Waals surface area contributed by atoms with Crippen LogP contribution in [0.25, 0.3) is 11.1 Å².